The summed E-state index contributed by atoms with van der Waals surface area (Å²) >= 11 is 0. The molecule has 6 rings (SSSR count). The molecule has 0 bridgehead atoms. The first-order valence-electron chi connectivity index (χ1n) is 11.8. The van der Waals surface area contributed by atoms with E-state index in [9.17, 15) is 0 Å². The van der Waals surface area contributed by atoms with E-state index in [0.29, 0.717) is 24.4 Å². The third-order valence-electron chi connectivity index (χ3n) is 7.44. The Bertz CT molecular complexity index is 901. The number of rotatable bonds is 10. The molecule has 0 aliphatic carbocycles. The van der Waals surface area contributed by atoms with E-state index >= 15 is 0 Å². The molecule has 4 atom stereocenters. The topological polar surface area (TPSA) is 50.1 Å². The summed E-state index contributed by atoms with van der Waals surface area (Å²) in [7, 11) is 0. The molecular formula is C27H32O4. The smallest absolute Gasteiger partial charge is 0.0850 e. The lowest BCUT2D eigenvalue weighted by Gasteiger charge is -2.36. The van der Waals surface area contributed by atoms with Crippen LogP contribution < -0.4 is 0 Å². The van der Waals surface area contributed by atoms with Crippen LogP contribution in [-0.2, 0) is 37.2 Å². The van der Waals surface area contributed by atoms with Crippen molar-refractivity contribution in [2.75, 3.05) is 26.4 Å². The van der Waals surface area contributed by atoms with E-state index in [2.05, 4.69) is 50.2 Å². The Labute approximate surface area is 184 Å². The molecule has 4 aliphatic rings. The highest BCUT2D eigenvalue weighted by atomic mass is 16.6. The standard InChI is InChI=1S/C27H32O4/c1-17-3-5-21(6-4-17)27(11-25-15-30-25,12-26-16-31-26)22-7-19(9-23-13-28-23)18(2)20(8-22)10-24-14-29-24/h3-8,23-26H,9-16H2,1-2H3. The van der Waals surface area contributed by atoms with E-state index in [-0.39, 0.29) is 5.41 Å². The lowest BCUT2D eigenvalue weighted by atomic mass is 9.67. The van der Waals surface area contributed by atoms with Gasteiger partial charge in [-0.3, -0.25) is 0 Å². The van der Waals surface area contributed by atoms with E-state index < -0.39 is 0 Å². The molecule has 0 N–H and O–H groups in total. The highest BCUT2D eigenvalue weighted by Gasteiger charge is 2.45. The molecule has 0 aromatic heterocycles. The highest BCUT2D eigenvalue weighted by Crippen LogP contribution is 2.47. The Balaban J connectivity index is 1.48. The number of hydrogen-bond donors (Lipinski definition) is 0. The van der Waals surface area contributed by atoms with Crippen molar-refractivity contribution >= 4 is 0 Å². The Kier molecular flexibility index (Phi) is 4.95. The molecule has 0 amide bonds. The van der Waals surface area contributed by atoms with Crippen LogP contribution in [0.1, 0.15) is 46.2 Å². The van der Waals surface area contributed by atoms with Gasteiger partial charge < -0.3 is 18.9 Å². The first kappa shape index (κ1) is 19.9. The van der Waals surface area contributed by atoms with Crippen LogP contribution in [0.2, 0.25) is 0 Å². The molecule has 2 aromatic rings. The Morgan fingerprint density at radius 2 is 1.13 bits per heavy atom. The van der Waals surface area contributed by atoms with Gasteiger partial charge in [0, 0.05) is 18.3 Å². The minimum Gasteiger partial charge on any atom is -0.373 e. The predicted molar refractivity (Wildman–Crippen MR) is 119 cm³/mol. The van der Waals surface area contributed by atoms with Crippen LogP contribution >= 0.6 is 0 Å². The van der Waals surface area contributed by atoms with Gasteiger partial charge in [-0.25, -0.2) is 0 Å². The van der Waals surface area contributed by atoms with Gasteiger partial charge in [-0.1, -0.05) is 42.0 Å². The van der Waals surface area contributed by atoms with Crippen molar-refractivity contribution in [3.05, 3.63) is 69.8 Å². The zero-order valence-electron chi connectivity index (χ0n) is 18.6. The van der Waals surface area contributed by atoms with Gasteiger partial charge in [0.15, 0.2) is 0 Å². The second kappa shape index (κ2) is 7.70. The van der Waals surface area contributed by atoms with Crippen LogP contribution in [0, 0.1) is 13.8 Å². The number of hydrogen-bond acceptors (Lipinski definition) is 4. The summed E-state index contributed by atoms with van der Waals surface area (Å²) in [6.45, 7) is 7.96. The van der Waals surface area contributed by atoms with Crippen LogP contribution in [0.5, 0.6) is 0 Å². The fourth-order valence-corrected chi connectivity index (χ4v) is 5.15. The van der Waals surface area contributed by atoms with Crippen molar-refractivity contribution in [1.82, 2.24) is 0 Å². The van der Waals surface area contributed by atoms with E-state index in [0.717, 1.165) is 52.1 Å². The molecule has 4 unspecified atom stereocenters. The number of ether oxygens (including phenoxy) is 4. The maximum atomic E-state index is 5.79. The Morgan fingerprint density at radius 3 is 1.55 bits per heavy atom. The molecule has 4 nitrogen and oxygen atoms in total. The van der Waals surface area contributed by atoms with Crippen LogP contribution in [0.3, 0.4) is 0 Å². The van der Waals surface area contributed by atoms with Gasteiger partial charge in [0.25, 0.3) is 0 Å². The number of epoxide rings is 4. The summed E-state index contributed by atoms with van der Waals surface area (Å²) in [6, 6.07) is 14.1. The lowest BCUT2D eigenvalue weighted by molar-refractivity contribution is 0.299. The van der Waals surface area contributed by atoms with Crippen LogP contribution in [0.15, 0.2) is 36.4 Å². The van der Waals surface area contributed by atoms with E-state index in [1.165, 1.54) is 33.4 Å². The molecule has 0 radical (unpaired) electrons. The van der Waals surface area contributed by atoms with Gasteiger partial charge in [0.05, 0.1) is 50.8 Å². The summed E-state index contributed by atoms with van der Waals surface area (Å²) in [5.41, 5.74) is 8.28. The van der Waals surface area contributed by atoms with Gasteiger partial charge in [-0.15, -0.1) is 0 Å². The molecule has 4 saturated heterocycles. The molecule has 0 spiro atoms. The molecule has 4 aliphatic heterocycles. The van der Waals surface area contributed by atoms with Crippen LogP contribution in [-0.4, -0.2) is 50.8 Å². The quantitative estimate of drug-likeness (QED) is 0.544. The Morgan fingerprint density at radius 1 is 0.677 bits per heavy atom. The normalized spacial score (nSPS) is 30.0. The van der Waals surface area contributed by atoms with Gasteiger partial charge in [-0.2, -0.15) is 0 Å². The van der Waals surface area contributed by atoms with Gasteiger partial charge in [0.1, 0.15) is 0 Å². The number of benzene rings is 2. The van der Waals surface area contributed by atoms with E-state index in [1.807, 2.05) is 0 Å². The lowest BCUT2D eigenvalue weighted by Crippen LogP contribution is -2.32. The maximum absolute atomic E-state index is 5.79. The molecule has 4 heterocycles. The fourth-order valence-electron chi connectivity index (χ4n) is 5.15. The SMILES string of the molecule is Cc1ccc(C(CC2CO2)(CC2CO2)c2cc(CC3CO3)c(C)c(CC3CO3)c2)cc1. The zero-order chi connectivity index (χ0) is 21.0. The second-order valence-electron chi connectivity index (χ2n) is 10.0. The average Bonchev–Trinajstić information content (AvgIpc) is 3.60. The summed E-state index contributed by atoms with van der Waals surface area (Å²) in [5, 5.41) is 0. The third-order valence-corrected chi connectivity index (χ3v) is 7.44. The predicted octanol–water partition coefficient (Wildman–Crippen LogP) is 4.05. The zero-order valence-corrected chi connectivity index (χ0v) is 18.6. The van der Waals surface area contributed by atoms with Crippen molar-refractivity contribution in [3.63, 3.8) is 0 Å². The summed E-state index contributed by atoms with van der Waals surface area (Å²) in [5.74, 6) is 0. The second-order valence-corrected chi connectivity index (χ2v) is 10.0. The largest absolute Gasteiger partial charge is 0.373 e. The fraction of sp³-hybridized carbons (Fsp3) is 0.556. The summed E-state index contributed by atoms with van der Waals surface area (Å²) in [6.07, 6.45) is 5.47. The van der Waals surface area contributed by atoms with Crippen molar-refractivity contribution in [2.45, 2.75) is 69.4 Å². The first-order chi connectivity index (χ1) is 15.1. The number of aryl methyl sites for hydroxylation is 1. The van der Waals surface area contributed by atoms with Crippen LogP contribution in [0.25, 0.3) is 0 Å². The van der Waals surface area contributed by atoms with Gasteiger partial charge >= 0.3 is 0 Å². The van der Waals surface area contributed by atoms with E-state index in [4.69, 9.17) is 18.9 Å². The van der Waals surface area contributed by atoms with Crippen LogP contribution in [0.4, 0.5) is 0 Å². The first-order valence-corrected chi connectivity index (χ1v) is 11.8. The van der Waals surface area contributed by atoms with Crippen molar-refractivity contribution in [2.24, 2.45) is 0 Å². The molecule has 31 heavy (non-hydrogen) atoms. The third kappa shape index (κ3) is 4.45. The molecule has 4 fully saturated rings. The minimum atomic E-state index is -0.0952. The minimum absolute atomic E-state index is 0.0952. The van der Waals surface area contributed by atoms with Gasteiger partial charge in [0.2, 0.25) is 0 Å². The maximum Gasteiger partial charge on any atom is 0.0850 e. The van der Waals surface area contributed by atoms with Crippen molar-refractivity contribution in [3.8, 4) is 0 Å². The van der Waals surface area contributed by atoms with Crippen molar-refractivity contribution < 1.29 is 18.9 Å². The molecule has 0 saturated carbocycles. The molecular weight excluding hydrogens is 388 g/mol. The molecule has 2 aromatic carbocycles. The van der Waals surface area contributed by atoms with E-state index in [1.54, 1.807) is 0 Å². The Hall–Kier alpha value is -1.72. The van der Waals surface area contributed by atoms with Gasteiger partial charge in [-0.05, 0) is 54.5 Å². The summed E-state index contributed by atoms with van der Waals surface area (Å²) < 4.78 is 22.8. The van der Waals surface area contributed by atoms with Crippen molar-refractivity contribution in [1.29, 1.82) is 0 Å². The highest BCUT2D eigenvalue weighted by molar-refractivity contribution is 5.48. The molecule has 4 heteroatoms. The average molecular weight is 421 g/mol. The monoisotopic (exact) mass is 420 g/mol. The summed E-state index contributed by atoms with van der Waals surface area (Å²) in [4.78, 5) is 0. The molecule has 164 valence electrons.